The Hall–Kier alpha value is -2.21. The van der Waals surface area contributed by atoms with Gasteiger partial charge in [0.25, 0.3) is 0 Å². The van der Waals surface area contributed by atoms with Gasteiger partial charge < -0.3 is 15.7 Å². The van der Waals surface area contributed by atoms with E-state index in [1.54, 1.807) is 6.20 Å². The second-order valence-corrected chi connectivity index (χ2v) is 7.58. The lowest BCUT2D eigenvalue weighted by Crippen LogP contribution is -2.11. The van der Waals surface area contributed by atoms with Crippen LogP contribution in [0.15, 0.2) is 30.6 Å². The number of nitrogens with zero attached hydrogens (tertiary/aromatic N) is 3. The number of hydrogen-bond donors (Lipinski definition) is 3. The molecule has 152 valence electrons. The maximum atomic E-state index is 10.1. The second kappa shape index (κ2) is 11.6. The normalized spacial score (nSPS) is 20.2. The van der Waals surface area contributed by atoms with Gasteiger partial charge in [-0.05, 0) is 37.8 Å². The first-order chi connectivity index (χ1) is 13.8. The Morgan fingerprint density at radius 1 is 0.821 bits per heavy atom. The molecule has 0 saturated carbocycles. The summed E-state index contributed by atoms with van der Waals surface area (Å²) < 4.78 is 0. The van der Waals surface area contributed by atoms with Crippen LogP contribution in [0, 0.1) is 0 Å². The van der Waals surface area contributed by atoms with Gasteiger partial charge in [-0.3, -0.25) is 4.98 Å². The highest BCUT2D eigenvalue weighted by atomic mass is 16.3. The lowest BCUT2D eigenvalue weighted by molar-refractivity contribution is 0.147. The van der Waals surface area contributed by atoms with Gasteiger partial charge >= 0.3 is 0 Å². The molecule has 2 aromatic rings. The van der Waals surface area contributed by atoms with E-state index >= 15 is 0 Å². The van der Waals surface area contributed by atoms with E-state index in [0.29, 0.717) is 5.95 Å². The first kappa shape index (κ1) is 20.5. The summed E-state index contributed by atoms with van der Waals surface area (Å²) >= 11 is 0. The molecular formula is C22H33N5O. The zero-order valence-electron chi connectivity index (χ0n) is 16.7. The molecule has 0 spiro atoms. The van der Waals surface area contributed by atoms with E-state index in [0.717, 1.165) is 75.1 Å². The molecule has 6 heteroatoms. The number of aromatic nitrogens is 3. The molecule has 3 N–H and O–H groups in total. The lowest BCUT2D eigenvalue weighted by atomic mass is 10.0. The lowest BCUT2D eigenvalue weighted by Gasteiger charge is -2.14. The molecule has 1 aliphatic rings. The van der Waals surface area contributed by atoms with Crippen LogP contribution in [0.3, 0.4) is 0 Å². The monoisotopic (exact) mass is 383 g/mol. The van der Waals surface area contributed by atoms with Crippen LogP contribution < -0.4 is 10.6 Å². The molecule has 1 unspecified atom stereocenters. The van der Waals surface area contributed by atoms with E-state index in [4.69, 9.17) is 4.98 Å². The largest absolute Gasteiger partial charge is 0.393 e. The van der Waals surface area contributed by atoms with Gasteiger partial charge in [-0.15, -0.1) is 0 Å². The molecule has 6 nitrogen and oxygen atoms in total. The predicted molar refractivity (Wildman–Crippen MR) is 114 cm³/mol. The van der Waals surface area contributed by atoms with Crippen molar-refractivity contribution in [3.05, 3.63) is 30.6 Å². The zero-order valence-corrected chi connectivity index (χ0v) is 16.7. The number of nitrogens with one attached hydrogen (secondary N) is 2. The van der Waals surface area contributed by atoms with E-state index in [9.17, 15) is 5.11 Å². The third-order valence-electron chi connectivity index (χ3n) is 5.23. The van der Waals surface area contributed by atoms with Crippen molar-refractivity contribution in [3.63, 3.8) is 0 Å². The standard InChI is InChI=1S/C22H33N5O/c28-18-11-5-2-1-3-8-16-25-22-26-17-19(20-13-7-10-14-23-20)21(27-22)24-15-9-4-6-12-18/h7,10,13-14,17-18,28H,1-6,8-9,11-12,15-16H2,(H2,24,25,26,27). The smallest absolute Gasteiger partial charge is 0.224 e. The Morgan fingerprint density at radius 3 is 2.32 bits per heavy atom. The Balaban J connectivity index is 1.68. The summed E-state index contributed by atoms with van der Waals surface area (Å²) in [6, 6.07) is 5.88. The fourth-order valence-electron chi connectivity index (χ4n) is 3.58. The Bertz CT molecular complexity index is 695. The summed E-state index contributed by atoms with van der Waals surface area (Å²) in [6.07, 6.45) is 14.5. The Labute approximate surface area is 168 Å². The van der Waals surface area contributed by atoms with Gasteiger partial charge in [-0.25, -0.2) is 4.98 Å². The van der Waals surface area contributed by atoms with Gasteiger partial charge in [0, 0.05) is 25.5 Å². The number of aliphatic hydroxyl groups is 1. The van der Waals surface area contributed by atoms with Crippen molar-refractivity contribution in [3.8, 4) is 11.3 Å². The van der Waals surface area contributed by atoms with Crippen molar-refractivity contribution < 1.29 is 5.11 Å². The van der Waals surface area contributed by atoms with Crippen molar-refractivity contribution >= 4 is 11.8 Å². The Kier molecular flexibility index (Phi) is 8.50. The number of aliphatic hydroxyl groups excluding tert-OH is 1. The fraction of sp³-hybridized carbons (Fsp3) is 0.591. The van der Waals surface area contributed by atoms with E-state index in [-0.39, 0.29) is 6.10 Å². The van der Waals surface area contributed by atoms with Gasteiger partial charge in [0.05, 0.1) is 17.4 Å². The number of rotatable bonds is 1. The summed E-state index contributed by atoms with van der Waals surface area (Å²) in [4.78, 5) is 13.7. The highest BCUT2D eigenvalue weighted by Crippen LogP contribution is 2.25. The minimum atomic E-state index is -0.131. The highest BCUT2D eigenvalue weighted by Gasteiger charge is 2.11. The van der Waals surface area contributed by atoms with Crippen molar-refractivity contribution in [2.75, 3.05) is 23.7 Å². The van der Waals surface area contributed by atoms with Gasteiger partial charge in [0.15, 0.2) is 0 Å². The van der Waals surface area contributed by atoms with Crippen LogP contribution in [-0.2, 0) is 0 Å². The molecule has 28 heavy (non-hydrogen) atoms. The van der Waals surface area contributed by atoms with E-state index < -0.39 is 0 Å². The predicted octanol–water partition coefficient (Wildman–Crippen LogP) is 4.64. The summed E-state index contributed by atoms with van der Waals surface area (Å²) in [7, 11) is 0. The molecule has 1 atom stereocenters. The average Bonchev–Trinajstić information content (AvgIpc) is 2.72. The molecule has 1 aliphatic heterocycles. The molecule has 0 radical (unpaired) electrons. The van der Waals surface area contributed by atoms with Crippen molar-refractivity contribution in [2.24, 2.45) is 0 Å². The summed E-state index contributed by atoms with van der Waals surface area (Å²) in [5.41, 5.74) is 1.80. The van der Waals surface area contributed by atoms with Crippen molar-refractivity contribution in [1.82, 2.24) is 15.0 Å². The van der Waals surface area contributed by atoms with Gasteiger partial charge in [0.1, 0.15) is 5.82 Å². The van der Waals surface area contributed by atoms with E-state index in [2.05, 4.69) is 20.6 Å². The summed E-state index contributed by atoms with van der Waals surface area (Å²) in [5, 5.41) is 16.9. The maximum Gasteiger partial charge on any atom is 0.224 e. The van der Waals surface area contributed by atoms with Gasteiger partial charge in [-0.1, -0.05) is 44.6 Å². The second-order valence-electron chi connectivity index (χ2n) is 7.58. The highest BCUT2D eigenvalue weighted by molar-refractivity contribution is 5.72. The first-order valence-corrected chi connectivity index (χ1v) is 10.8. The number of fused-ring (bicyclic) bond motifs is 2. The van der Waals surface area contributed by atoms with Gasteiger partial charge in [0.2, 0.25) is 5.95 Å². The molecular weight excluding hydrogens is 350 g/mol. The van der Waals surface area contributed by atoms with Crippen LogP contribution in [0.2, 0.25) is 0 Å². The molecule has 2 bridgehead atoms. The summed E-state index contributed by atoms with van der Waals surface area (Å²) in [5.74, 6) is 1.50. The molecule has 0 amide bonds. The van der Waals surface area contributed by atoms with Crippen LogP contribution >= 0.6 is 0 Å². The number of pyridine rings is 1. The topological polar surface area (TPSA) is 83.0 Å². The van der Waals surface area contributed by atoms with Crippen molar-refractivity contribution in [2.45, 2.75) is 70.3 Å². The molecule has 0 aliphatic carbocycles. The van der Waals surface area contributed by atoms with Crippen LogP contribution in [0.1, 0.15) is 64.2 Å². The van der Waals surface area contributed by atoms with E-state index in [1.165, 1.54) is 19.3 Å². The minimum absolute atomic E-state index is 0.131. The summed E-state index contributed by atoms with van der Waals surface area (Å²) in [6.45, 7) is 1.73. The fourth-order valence-corrected chi connectivity index (χ4v) is 3.58. The SMILES string of the molecule is OC1CCCCCCCNc2ncc(-c3ccccn3)c(n2)NCCCCC1. The molecule has 3 rings (SSSR count). The van der Waals surface area contributed by atoms with Crippen LogP contribution in [0.5, 0.6) is 0 Å². The maximum absolute atomic E-state index is 10.1. The van der Waals surface area contributed by atoms with Gasteiger partial charge in [-0.2, -0.15) is 4.98 Å². The zero-order chi connectivity index (χ0) is 19.4. The van der Waals surface area contributed by atoms with Crippen LogP contribution in [0.4, 0.5) is 11.8 Å². The first-order valence-electron chi connectivity index (χ1n) is 10.8. The van der Waals surface area contributed by atoms with E-state index in [1.807, 2.05) is 24.4 Å². The Morgan fingerprint density at radius 2 is 1.54 bits per heavy atom. The van der Waals surface area contributed by atoms with Crippen LogP contribution in [0.25, 0.3) is 11.3 Å². The third kappa shape index (κ3) is 6.75. The number of anilines is 2. The number of hydrogen-bond acceptors (Lipinski definition) is 6. The average molecular weight is 384 g/mol. The molecule has 2 aromatic heterocycles. The third-order valence-corrected chi connectivity index (χ3v) is 5.23. The molecule has 0 saturated heterocycles. The molecule has 0 aromatic carbocycles. The minimum Gasteiger partial charge on any atom is -0.393 e. The molecule has 3 heterocycles. The van der Waals surface area contributed by atoms with Crippen LogP contribution in [-0.4, -0.2) is 39.3 Å². The molecule has 0 fully saturated rings. The quantitative estimate of drug-likeness (QED) is 0.665. The van der Waals surface area contributed by atoms with Crippen molar-refractivity contribution in [1.29, 1.82) is 0 Å².